The maximum Gasteiger partial charge on any atom is 0.131 e. The Kier molecular flexibility index (Phi) is 4.47. The summed E-state index contributed by atoms with van der Waals surface area (Å²) in [6, 6.07) is 6.24. The van der Waals surface area contributed by atoms with Gasteiger partial charge in [-0.15, -0.1) is 0 Å². The van der Waals surface area contributed by atoms with Gasteiger partial charge in [0, 0.05) is 37.3 Å². The second-order valence-corrected chi connectivity index (χ2v) is 7.90. The van der Waals surface area contributed by atoms with Crippen LogP contribution < -0.4 is 10.2 Å². The molecule has 1 saturated heterocycles. The van der Waals surface area contributed by atoms with Crippen LogP contribution in [0.5, 0.6) is 0 Å². The third-order valence-electron chi connectivity index (χ3n) is 3.79. The largest absolute Gasteiger partial charge is 0.365 e. The number of nitrogens with one attached hydrogen (secondary N) is 1. The Morgan fingerprint density at radius 1 is 0.952 bits per heavy atom. The lowest BCUT2D eigenvalue weighted by Crippen LogP contribution is -2.53. The molecule has 1 N–H and O–H groups in total. The molecule has 0 amide bonds. The van der Waals surface area contributed by atoms with Crippen LogP contribution in [0.4, 0.5) is 11.6 Å². The van der Waals surface area contributed by atoms with Gasteiger partial charge in [0.05, 0.1) is 0 Å². The van der Waals surface area contributed by atoms with Gasteiger partial charge in [-0.2, -0.15) is 0 Å². The fourth-order valence-electron chi connectivity index (χ4n) is 2.66. The van der Waals surface area contributed by atoms with Gasteiger partial charge >= 0.3 is 0 Å². The van der Waals surface area contributed by atoms with Gasteiger partial charge in [-0.3, -0.25) is 4.90 Å². The Labute approximate surface area is 129 Å². The van der Waals surface area contributed by atoms with Crippen molar-refractivity contribution in [2.75, 3.05) is 36.4 Å². The summed E-state index contributed by atoms with van der Waals surface area (Å²) < 4.78 is 0. The van der Waals surface area contributed by atoms with E-state index in [0.717, 1.165) is 37.8 Å². The highest BCUT2D eigenvalue weighted by Gasteiger charge is 2.26. The van der Waals surface area contributed by atoms with Crippen LogP contribution in [0.1, 0.15) is 41.5 Å². The van der Waals surface area contributed by atoms with Crippen LogP contribution in [-0.2, 0) is 0 Å². The van der Waals surface area contributed by atoms with Gasteiger partial charge in [0.15, 0.2) is 0 Å². The number of rotatable bonds is 2. The standard InChI is InChI=1S/C17H30N4/c1-16(2,3)19-14-8-7-9-15(18-14)20-10-12-21(13-11-20)17(4,5)6/h7-9H,10-13H2,1-6H3,(H,18,19). The fourth-order valence-corrected chi connectivity index (χ4v) is 2.66. The van der Waals surface area contributed by atoms with Crippen molar-refractivity contribution in [3.63, 3.8) is 0 Å². The van der Waals surface area contributed by atoms with Gasteiger partial charge < -0.3 is 10.2 Å². The molecule has 0 unspecified atom stereocenters. The number of hydrogen-bond acceptors (Lipinski definition) is 4. The first kappa shape index (κ1) is 16.1. The van der Waals surface area contributed by atoms with Gasteiger partial charge in [0.25, 0.3) is 0 Å². The van der Waals surface area contributed by atoms with E-state index in [1.165, 1.54) is 0 Å². The van der Waals surface area contributed by atoms with Crippen molar-refractivity contribution in [2.45, 2.75) is 52.6 Å². The molecule has 118 valence electrons. The molecule has 0 atom stereocenters. The van der Waals surface area contributed by atoms with Crippen molar-refractivity contribution in [1.29, 1.82) is 0 Å². The van der Waals surface area contributed by atoms with Crippen LogP contribution in [-0.4, -0.2) is 47.1 Å². The molecule has 4 heteroatoms. The van der Waals surface area contributed by atoms with Crippen molar-refractivity contribution in [1.82, 2.24) is 9.88 Å². The molecule has 0 spiro atoms. The van der Waals surface area contributed by atoms with Crippen LogP contribution in [0.3, 0.4) is 0 Å². The molecule has 1 aliphatic heterocycles. The van der Waals surface area contributed by atoms with Gasteiger partial charge in [-0.1, -0.05) is 6.07 Å². The van der Waals surface area contributed by atoms with E-state index >= 15 is 0 Å². The van der Waals surface area contributed by atoms with Crippen molar-refractivity contribution < 1.29 is 0 Å². The predicted octanol–water partition coefficient (Wildman–Crippen LogP) is 3.21. The van der Waals surface area contributed by atoms with Gasteiger partial charge in [-0.05, 0) is 53.7 Å². The highest BCUT2D eigenvalue weighted by molar-refractivity contribution is 5.48. The lowest BCUT2D eigenvalue weighted by Gasteiger charge is -2.42. The average Bonchev–Trinajstić information content (AvgIpc) is 2.36. The van der Waals surface area contributed by atoms with Crippen molar-refractivity contribution in [3.8, 4) is 0 Å². The molecule has 1 aromatic heterocycles. The molecule has 1 aromatic rings. The molecular weight excluding hydrogens is 260 g/mol. The van der Waals surface area contributed by atoms with Crippen LogP contribution in [0.25, 0.3) is 0 Å². The molecule has 2 rings (SSSR count). The molecule has 1 aliphatic rings. The number of aromatic nitrogens is 1. The summed E-state index contributed by atoms with van der Waals surface area (Å²) in [7, 11) is 0. The highest BCUT2D eigenvalue weighted by Crippen LogP contribution is 2.21. The van der Waals surface area contributed by atoms with Gasteiger partial charge in [0.2, 0.25) is 0 Å². The van der Waals surface area contributed by atoms with Gasteiger partial charge in [0.1, 0.15) is 11.6 Å². The number of nitrogens with zero attached hydrogens (tertiary/aromatic N) is 3. The lowest BCUT2D eigenvalue weighted by atomic mass is 10.1. The highest BCUT2D eigenvalue weighted by atomic mass is 15.3. The normalized spacial score (nSPS) is 17.9. The summed E-state index contributed by atoms with van der Waals surface area (Å²) in [5.74, 6) is 2.04. The maximum absolute atomic E-state index is 4.77. The van der Waals surface area contributed by atoms with E-state index in [0.29, 0.717) is 0 Å². The molecule has 0 aliphatic carbocycles. The van der Waals surface area contributed by atoms with Crippen molar-refractivity contribution >= 4 is 11.6 Å². The minimum Gasteiger partial charge on any atom is -0.365 e. The number of piperazine rings is 1. The summed E-state index contributed by atoms with van der Waals surface area (Å²) in [5.41, 5.74) is 0.297. The third kappa shape index (κ3) is 4.60. The summed E-state index contributed by atoms with van der Waals surface area (Å²) >= 11 is 0. The maximum atomic E-state index is 4.77. The molecule has 0 aromatic carbocycles. The first-order valence-electron chi connectivity index (χ1n) is 7.90. The molecule has 0 radical (unpaired) electrons. The molecular formula is C17H30N4. The Bertz CT molecular complexity index is 462. The van der Waals surface area contributed by atoms with E-state index in [9.17, 15) is 0 Å². The number of pyridine rings is 1. The van der Waals surface area contributed by atoms with E-state index in [2.05, 4.69) is 68.8 Å². The van der Waals surface area contributed by atoms with Gasteiger partial charge in [-0.25, -0.2) is 4.98 Å². The third-order valence-corrected chi connectivity index (χ3v) is 3.79. The summed E-state index contributed by atoms with van der Waals surface area (Å²) in [5, 5.41) is 3.45. The summed E-state index contributed by atoms with van der Waals surface area (Å²) in [4.78, 5) is 9.69. The Balaban J connectivity index is 2.02. The summed E-state index contributed by atoms with van der Waals surface area (Å²) in [6.45, 7) is 17.6. The van der Waals surface area contributed by atoms with E-state index in [1.54, 1.807) is 0 Å². The monoisotopic (exact) mass is 290 g/mol. The van der Waals surface area contributed by atoms with Crippen molar-refractivity contribution in [2.24, 2.45) is 0 Å². The molecule has 2 heterocycles. The van der Waals surface area contributed by atoms with E-state index < -0.39 is 0 Å². The second kappa shape index (κ2) is 5.84. The average molecular weight is 290 g/mol. The Hall–Kier alpha value is -1.29. The number of anilines is 2. The minimum absolute atomic E-state index is 0.0382. The molecule has 4 nitrogen and oxygen atoms in total. The SMILES string of the molecule is CC(C)(C)Nc1cccc(N2CCN(C(C)(C)C)CC2)n1. The quantitative estimate of drug-likeness (QED) is 0.906. The fraction of sp³-hybridized carbons (Fsp3) is 0.706. The molecule has 1 fully saturated rings. The lowest BCUT2D eigenvalue weighted by molar-refractivity contribution is 0.128. The Morgan fingerprint density at radius 2 is 1.57 bits per heavy atom. The molecule has 21 heavy (non-hydrogen) atoms. The summed E-state index contributed by atoms with van der Waals surface area (Å²) in [6.07, 6.45) is 0. The van der Waals surface area contributed by atoms with Crippen LogP contribution in [0.2, 0.25) is 0 Å². The minimum atomic E-state index is 0.0382. The zero-order valence-corrected chi connectivity index (χ0v) is 14.4. The number of hydrogen-bond donors (Lipinski definition) is 1. The zero-order chi connectivity index (χ0) is 15.7. The zero-order valence-electron chi connectivity index (χ0n) is 14.4. The van der Waals surface area contributed by atoms with Crippen LogP contribution >= 0.6 is 0 Å². The molecule has 0 bridgehead atoms. The smallest absolute Gasteiger partial charge is 0.131 e. The second-order valence-electron chi connectivity index (χ2n) is 7.90. The van der Waals surface area contributed by atoms with Crippen LogP contribution in [0.15, 0.2) is 18.2 Å². The van der Waals surface area contributed by atoms with E-state index in [4.69, 9.17) is 4.98 Å². The van der Waals surface area contributed by atoms with Crippen molar-refractivity contribution in [3.05, 3.63) is 18.2 Å². The van der Waals surface area contributed by atoms with Crippen LogP contribution in [0, 0.1) is 0 Å². The van der Waals surface area contributed by atoms with E-state index in [1.807, 2.05) is 6.07 Å². The Morgan fingerprint density at radius 3 is 2.10 bits per heavy atom. The predicted molar refractivity (Wildman–Crippen MR) is 91.2 cm³/mol. The first-order valence-corrected chi connectivity index (χ1v) is 7.90. The molecule has 0 saturated carbocycles. The van der Waals surface area contributed by atoms with E-state index in [-0.39, 0.29) is 11.1 Å². The topological polar surface area (TPSA) is 31.4 Å². The first-order chi connectivity index (χ1) is 9.65.